The molecule has 0 bridgehead atoms. The van der Waals surface area contributed by atoms with Crippen molar-refractivity contribution in [3.63, 3.8) is 0 Å². The number of aryl methyl sites for hydroxylation is 1. The molecular formula is C20H25NO4. The molecule has 1 fully saturated rings. The van der Waals surface area contributed by atoms with E-state index in [9.17, 15) is 9.59 Å². The number of hydrogen-bond donors (Lipinski definition) is 0. The Hall–Kier alpha value is -2.30. The molecule has 25 heavy (non-hydrogen) atoms. The number of amides is 1. The molecule has 1 aromatic carbocycles. The van der Waals surface area contributed by atoms with Crippen LogP contribution in [-0.2, 0) is 4.79 Å². The van der Waals surface area contributed by atoms with E-state index < -0.39 is 0 Å². The number of ether oxygens (including phenoxy) is 1. The Bertz CT molecular complexity index is 818. The second kappa shape index (κ2) is 7.30. The predicted molar refractivity (Wildman–Crippen MR) is 96.9 cm³/mol. The van der Waals surface area contributed by atoms with Crippen molar-refractivity contribution in [3.05, 3.63) is 40.2 Å². The molecule has 3 rings (SSSR count). The van der Waals surface area contributed by atoms with Gasteiger partial charge in [-0.1, -0.05) is 6.92 Å². The first-order valence-electron chi connectivity index (χ1n) is 8.87. The third-order valence-electron chi connectivity index (χ3n) is 5.21. The minimum absolute atomic E-state index is 0.00981. The van der Waals surface area contributed by atoms with Crippen molar-refractivity contribution in [3.8, 4) is 5.75 Å². The molecule has 0 unspecified atom stereocenters. The summed E-state index contributed by atoms with van der Waals surface area (Å²) >= 11 is 0. The lowest BCUT2D eigenvalue weighted by atomic mass is 9.87. The lowest BCUT2D eigenvalue weighted by Gasteiger charge is -2.33. The van der Waals surface area contributed by atoms with E-state index in [4.69, 9.17) is 9.15 Å². The van der Waals surface area contributed by atoms with Gasteiger partial charge < -0.3 is 14.1 Å². The molecule has 134 valence electrons. The average molecular weight is 343 g/mol. The smallest absolute Gasteiger partial charge is 0.336 e. The molecular weight excluding hydrogens is 318 g/mol. The second-order valence-electron chi connectivity index (χ2n) is 7.11. The van der Waals surface area contributed by atoms with Crippen LogP contribution < -0.4 is 10.4 Å². The van der Waals surface area contributed by atoms with E-state index in [0.717, 1.165) is 29.7 Å². The van der Waals surface area contributed by atoms with E-state index in [1.165, 1.54) is 18.9 Å². The SMILES string of the molecule is Cc1cc(=O)oc2cc(OCC(=O)N(C)C3CCC(C)CC3)ccc12. The first-order chi connectivity index (χ1) is 11.9. The monoisotopic (exact) mass is 343 g/mol. The molecule has 1 saturated carbocycles. The molecule has 2 aromatic rings. The molecule has 5 heteroatoms. The van der Waals surface area contributed by atoms with Gasteiger partial charge in [-0.3, -0.25) is 4.79 Å². The highest BCUT2D eigenvalue weighted by Gasteiger charge is 2.24. The zero-order valence-corrected chi connectivity index (χ0v) is 15.1. The summed E-state index contributed by atoms with van der Waals surface area (Å²) in [4.78, 5) is 25.7. The lowest BCUT2D eigenvalue weighted by Crippen LogP contribution is -2.41. The topological polar surface area (TPSA) is 59.8 Å². The van der Waals surface area contributed by atoms with Crippen LogP contribution in [0.25, 0.3) is 11.0 Å². The molecule has 0 aliphatic heterocycles. The van der Waals surface area contributed by atoms with Crippen molar-refractivity contribution in [2.75, 3.05) is 13.7 Å². The van der Waals surface area contributed by atoms with Gasteiger partial charge in [0.25, 0.3) is 5.91 Å². The number of fused-ring (bicyclic) bond motifs is 1. The molecule has 5 nitrogen and oxygen atoms in total. The van der Waals surface area contributed by atoms with Gasteiger partial charge >= 0.3 is 5.63 Å². The number of likely N-dealkylation sites (N-methyl/N-ethyl adjacent to an activating group) is 1. The number of carbonyl (C=O) groups excluding carboxylic acids is 1. The number of rotatable bonds is 4. The Morgan fingerprint density at radius 1 is 1.24 bits per heavy atom. The maximum absolute atomic E-state index is 12.4. The molecule has 1 aliphatic carbocycles. The largest absolute Gasteiger partial charge is 0.484 e. The van der Waals surface area contributed by atoms with Gasteiger partial charge in [-0.05, 0) is 56.2 Å². The van der Waals surface area contributed by atoms with Crippen molar-refractivity contribution in [2.45, 2.75) is 45.6 Å². The molecule has 1 aliphatic rings. The van der Waals surface area contributed by atoms with Gasteiger partial charge in [0.2, 0.25) is 0 Å². The Labute approximate surface area is 147 Å². The minimum Gasteiger partial charge on any atom is -0.484 e. The van der Waals surface area contributed by atoms with Crippen LogP contribution in [0.3, 0.4) is 0 Å². The van der Waals surface area contributed by atoms with Gasteiger partial charge in [-0.25, -0.2) is 4.79 Å². The fourth-order valence-corrected chi connectivity index (χ4v) is 3.48. The van der Waals surface area contributed by atoms with Crippen LogP contribution in [0.2, 0.25) is 0 Å². The fourth-order valence-electron chi connectivity index (χ4n) is 3.48. The fraction of sp³-hybridized carbons (Fsp3) is 0.500. The summed E-state index contributed by atoms with van der Waals surface area (Å²) in [5.74, 6) is 1.26. The summed E-state index contributed by atoms with van der Waals surface area (Å²) in [7, 11) is 1.86. The molecule has 1 aromatic heterocycles. The quantitative estimate of drug-likeness (QED) is 0.797. The third-order valence-corrected chi connectivity index (χ3v) is 5.21. The Morgan fingerprint density at radius 2 is 1.96 bits per heavy atom. The van der Waals surface area contributed by atoms with Crippen LogP contribution in [0.1, 0.15) is 38.2 Å². The third kappa shape index (κ3) is 4.03. The van der Waals surface area contributed by atoms with Crippen molar-refractivity contribution < 1.29 is 13.9 Å². The lowest BCUT2D eigenvalue weighted by molar-refractivity contribution is -0.134. The second-order valence-corrected chi connectivity index (χ2v) is 7.11. The van der Waals surface area contributed by atoms with Gasteiger partial charge in [0.15, 0.2) is 6.61 Å². The zero-order chi connectivity index (χ0) is 18.0. The van der Waals surface area contributed by atoms with Crippen LogP contribution in [0.5, 0.6) is 5.75 Å². The normalized spacial score (nSPS) is 20.4. The maximum atomic E-state index is 12.4. The maximum Gasteiger partial charge on any atom is 0.336 e. The number of hydrogen-bond acceptors (Lipinski definition) is 4. The highest BCUT2D eigenvalue weighted by molar-refractivity contribution is 5.81. The van der Waals surface area contributed by atoms with Gasteiger partial charge in [-0.2, -0.15) is 0 Å². The number of benzene rings is 1. The summed E-state index contributed by atoms with van der Waals surface area (Å²) in [6.45, 7) is 4.12. The van der Waals surface area contributed by atoms with E-state index in [1.807, 2.05) is 24.9 Å². The van der Waals surface area contributed by atoms with Crippen molar-refractivity contribution in [1.82, 2.24) is 4.90 Å². The summed E-state index contributed by atoms with van der Waals surface area (Å²) in [5.41, 5.74) is 0.953. The Morgan fingerprint density at radius 3 is 2.68 bits per heavy atom. The van der Waals surface area contributed by atoms with Crippen LogP contribution in [0, 0.1) is 12.8 Å². The molecule has 0 saturated heterocycles. The Kier molecular flexibility index (Phi) is 5.11. The average Bonchev–Trinajstić information content (AvgIpc) is 2.59. The van der Waals surface area contributed by atoms with Crippen LogP contribution in [0.4, 0.5) is 0 Å². The molecule has 0 spiro atoms. The van der Waals surface area contributed by atoms with Gasteiger partial charge in [0.1, 0.15) is 11.3 Å². The van der Waals surface area contributed by atoms with E-state index in [1.54, 1.807) is 12.1 Å². The molecule has 1 amide bonds. The van der Waals surface area contributed by atoms with Crippen LogP contribution >= 0.6 is 0 Å². The predicted octanol–water partition coefficient (Wildman–Crippen LogP) is 3.52. The van der Waals surface area contributed by atoms with Gasteiger partial charge in [0.05, 0.1) is 0 Å². The molecule has 1 heterocycles. The standard InChI is InChI=1S/C20H25NO4/c1-13-4-6-15(7-5-13)21(3)19(22)12-24-16-8-9-17-14(2)10-20(23)25-18(17)11-16/h8-11,13,15H,4-7,12H2,1-3H3. The van der Waals surface area contributed by atoms with Gasteiger partial charge in [0, 0.05) is 30.6 Å². The van der Waals surface area contributed by atoms with E-state index in [2.05, 4.69) is 6.92 Å². The number of nitrogens with zero attached hydrogens (tertiary/aromatic N) is 1. The van der Waals surface area contributed by atoms with E-state index in [0.29, 0.717) is 17.4 Å². The highest BCUT2D eigenvalue weighted by atomic mass is 16.5. The molecule has 0 N–H and O–H groups in total. The Balaban J connectivity index is 1.63. The van der Waals surface area contributed by atoms with Crippen molar-refractivity contribution in [1.29, 1.82) is 0 Å². The molecule has 0 atom stereocenters. The first kappa shape index (κ1) is 17.5. The minimum atomic E-state index is -0.385. The summed E-state index contributed by atoms with van der Waals surface area (Å²) in [6, 6.07) is 7.08. The van der Waals surface area contributed by atoms with Crippen molar-refractivity contribution in [2.24, 2.45) is 5.92 Å². The van der Waals surface area contributed by atoms with Gasteiger partial charge in [-0.15, -0.1) is 0 Å². The summed E-state index contributed by atoms with van der Waals surface area (Å²) in [5, 5.41) is 0.867. The summed E-state index contributed by atoms with van der Waals surface area (Å²) in [6.07, 6.45) is 4.46. The number of carbonyl (C=O) groups is 1. The van der Waals surface area contributed by atoms with Crippen LogP contribution in [0.15, 0.2) is 33.5 Å². The van der Waals surface area contributed by atoms with Crippen LogP contribution in [-0.4, -0.2) is 30.5 Å². The summed E-state index contributed by atoms with van der Waals surface area (Å²) < 4.78 is 10.8. The highest BCUT2D eigenvalue weighted by Crippen LogP contribution is 2.27. The van der Waals surface area contributed by atoms with E-state index in [-0.39, 0.29) is 18.1 Å². The zero-order valence-electron chi connectivity index (χ0n) is 15.1. The van der Waals surface area contributed by atoms with Crippen molar-refractivity contribution >= 4 is 16.9 Å². The van der Waals surface area contributed by atoms with E-state index >= 15 is 0 Å². The first-order valence-corrected chi connectivity index (χ1v) is 8.87. The molecule has 0 radical (unpaired) electrons.